The zero-order valence-electron chi connectivity index (χ0n) is 10.2. The summed E-state index contributed by atoms with van der Waals surface area (Å²) in [6.45, 7) is 4.77. The van der Waals surface area contributed by atoms with Gasteiger partial charge in [0.15, 0.2) is 0 Å². The van der Waals surface area contributed by atoms with Crippen LogP contribution in [-0.4, -0.2) is 27.2 Å². The van der Waals surface area contributed by atoms with Gasteiger partial charge in [0.1, 0.15) is 12.1 Å². The highest BCUT2D eigenvalue weighted by molar-refractivity contribution is 9.10. The van der Waals surface area contributed by atoms with Crippen LogP contribution in [0.25, 0.3) is 0 Å². The van der Waals surface area contributed by atoms with E-state index in [4.69, 9.17) is 0 Å². The highest BCUT2D eigenvalue weighted by Gasteiger charge is 2.47. The van der Waals surface area contributed by atoms with Gasteiger partial charge in [0.25, 0.3) is 0 Å². The highest BCUT2D eigenvalue weighted by Crippen LogP contribution is 2.45. The van der Waals surface area contributed by atoms with Crippen LogP contribution in [-0.2, 0) is 0 Å². The van der Waals surface area contributed by atoms with Crippen molar-refractivity contribution >= 4 is 21.7 Å². The molecule has 1 aromatic heterocycles. The van der Waals surface area contributed by atoms with Gasteiger partial charge in [-0.2, -0.15) is 0 Å². The Morgan fingerprint density at radius 3 is 2.82 bits per heavy atom. The second kappa shape index (κ2) is 4.53. The first-order chi connectivity index (χ1) is 7.95. The summed E-state index contributed by atoms with van der Waals surface area (Å²) in [6, 6.07) is 0. The summed E-state index contributed by atoms with van der Waals surface area (Å²) < 4.78 is 0.819. The number of nitrogens with zero attached hydrogens (tertiary/aromatic N) is 2. The topological polar surface area (TPSA) is 58.0 Å². The standard InChI is InChI=1S/C12H18BrN3O/c1-11(2)4-3-5-12(11,17)7-15-10-9(13)6-14-8-16-10/h6,8,17H,3-5,7H2,1-2H3,(H,14,15,16). The zero-order valence-corrected chi connectivity index (χ0v) is 11.8. The van der Waals surface area contributed by atoms with Gasteiger partial charge in [0.2, 0.25) is 0 Å². The van der Waals surface area contributed by atoms with Crippen molar-refractivity contribution in [2.75, 3.05) is 11.9 Å². The van der Waals surface area contributed by atoms with E-state index in [0.717, 1.165) is 29.6 Å². The van der Waals surface area contributed by atoms with Gasteiger partial charge in [-0.15, -0.1) is 0 Å². The van der Waals surface area contributed by atoms with E-state index in [1.165, 1.54) is 6.33 Å². The number of aliphatic hydroxyl groups is 1. The van der Waals surface area contributed by atoms with E-state index in [1.807, 2.05) is 0 Å². The summed E-state index contributed by atoms with van der Waals surface area (Å²) in [5, 5.41) is 13.9. The molecule has 94 valence electrons. The Hall–Kier alpha value is -0.680. The Morgan fingerprint density at radius 2 is 2.24 bits per heavy atom. The van der Waals surface area contributed by atoms with Gasteiger partial charge in [0, 0.05) is 12.7 Å². The van der Waals surface area contributed by atoms with Crippen LogP contribution in [0.4, 0.5) is 5.82 Å². The van der Waals surface area contributed by atoms with Crippen LogP contribution in [0.1, 0.15) is 33.1 Å². The lowest BCUT2D eigenvalue weighted by Crippen LogP contribution is -2.45. The molecule has 0 aromatic carbocycles. The number of hydrogen-bond acceptors (Lipinski definition) is 4. The van der Waals surface area contributed by atoms with E-state index in [0.29, 0.717) is 6.54 Å². The fourth-order valence-corrected chi connectivity index (χ4v) is 2.75. The van der Waals surface area contributed by atoms with Crippen molar-refractivity contribution in [1.29, 1.82) is 0 Å². The molecule has 1 heterocycles. The van der Waals surface area contributed by atoms with Gasteiger partial charge in [-0.1, -0.05) is 13.8 Å². The Bertz CT molecular complexity index is 410. The summed E-state index contributed by atoms with van der Waals surface area (Å²) in [5.74, 6) is 0.733. The van der Waals surface area contributed by atoms with Crippen molar-refractivity contribution in [3.8, 4) is 0 Å². The monoisotopic (exact) mass is 299 g/mol. The van der Waals surface area contributed by atoms with E-state index >= 15 is 0 Å². The average molecular weight is 300 g/mol. The predicted octanol–water partition coefficient (Wildman–Crippen LogP) is 2.59. The maximum absolute atomic E-state index is 10.7. The smallest absolute Gasteiger partial charge is 0.143 e. The second-order valence-electron chi connectivity index (χ2n) is 5.34. The van der Waals surface area contributed by atoms with E-state index in [1.54, 1.807) is 6.20 Å². The Kier molecular flexibility index (Phi) is 3.41. The lowest BCUT2D eigenvalue weighted by Gasteiger charge is -2.37. The summed E-state index contributed by atoms with van der Waals surface area (Å²) in [7, 11) is 0. The maximum Gasteiger partial charge on any atom is 0.143 e. The van der Waals surface area contributed by atoms with Gasteiger partial charge < -0.3 is 10.4 Å². The predicted molar refractivity (Wildman–Crippen MR) is 70.8 cm³/mol. The minimum atomic E-state index is -0.655. The largest absolute Gasteiger partial charge is 0.387 e. The molecule has 0 amide bonds. The summed E-state index contributed by atoms with van der Waals surface area (Å²) in [5.41, 5.74) is -0.698. The molecule has 0 aliphatic heterocycles. The van der Waals surface area contributed by atoms with Crippen LogP contribution >= 0.6 is 15.9 Å². The summed E-state index contributed by atoms with van der Waals surface area (Å²) in [4.78, 5) is 8.05. The minimum Gasteiger partial charge on any atom is -0.387 e. The number of anilines is 1. The van der Waals surface area contributed by atoms with Gasteiger partial charge in [-0.05, 0) is 40.6 Å². The molecule has 4 nitrogen and oxygen atoms in total. The molecule has 1 aromatic rings. The second-order valence-corrected chi connectivity index (χ2v) is 6.20. The molecule has 1 fully saturated rings. The maximum atomic E-state index is 10.7. The third kappa shape index (κ3) is 2.45. The first-order valence-electron chi connectivity index (χ1n) is 5.86. The van der Waals surface area contributed by atoms with E-state index in [-0.39, 0.29) is 5.41 Å². The van der Waals surface area contributed by atoms with Crippen molar-refractivity contribution in [1.82, 2.24) is 9.97 Å². The molecule has 1 aliphatic carbocycles. The van der Waals surface area contributed by atoms with Crippen molar-refractivity contribution < 1.29 is 5.11 Å². The van der Waals surface area contributed by atoms with Crippen LogP contribution in [0.2, 0.25) is 0 Å². The molecule has 5 heteroatoms. The van der Waals surface area contributed by atoms with E-state index in [2.05, 4.69) is 45.1 Å². The fraction of sp³-hybridized carbons (Fsp3) is 0.667. The molecule has 0 saturated heterocycles. The molecular formula is C12H18BrN3O. The highest BCUT2D eigenvalue weighted by atomic mass is 79.9. The molecule has 1 saturated carbocycles. The number of aromatic nitrogens is 2. The van der Waals surface area contributed by atoms with Gasteiger partial charge >= 0.3 is 0 Å². The molecular weight excluding hydrogens is 282 g/mol. The fourth-order valence-electron chi connectivity index (χ4n) is 2.39. The van der Waals surface area contributed by atoms with Gasteiger partial charge in [-0.25, -0.2) is 9.97 Å². The number of nitrogens with one attached hydrogen (secondary N) is 1. The summed E-state index contributed by atoms with van der Waals surface area (Å²) in [6.07, 6.45) is 6.18. The van der Waals surface area contributed by atoms with Crippen LogP contribution in [0, 0.1) is 5.41 Å². The van der Waals surface area contributed by atoms with Crippen LogP contribution in [0.5, 0.6) is 0 Å². The van der Waals surface area contributed by atoms with Gasteiger partial charge in [-0.3, -0.25) is 0 Å². The molecule has 0 bridgehead atoms. The van der Waals surface area contributed by atoms with Crippen LogP contribution < -0.4 is 5.32 Å². The number of hydrogen-bond donors (Lipinski definition) is 2. The van der Waals surface area contributed by atoms with Crippen molar-refractivity contribution in [2.45, 2.75) is 38.7 Å². The third-order valence-corrected chi connectivity index (χ3v) is 4.45. The molecule has 1 unspecified atom stereocenters. The zero-order chi connectivity index (χ0) is 12.5. The molecule has 1 atom stereocenters. The first-order valence-corrected chi connectivity index (χ1v) is 6.66. The van der Waals surface area contributed by atoms with E-state index < -0.39 is 5.60 Å². The Morgan fingerprint density at radius 1 is 1.47 bits per heavy atom. The van der Waals surface area contributed by atoms with Crippen molar-refractivity contribution in [2.24, 2.45) is 5.41 Å². The first kappa shape index (κ1) is 12.8. The van der Waals surface area contributed by atoms with Crippen molar-refractivity contribution in [3.63, 3.8) is 0 Å². The minimum absolute atomic E-state index is 0.0422. The molecule has 17 heavy (non-hydrogen) atoms. The molecule has 1 aliphatic rings. The normalized spacial score (nSPS) is 27.1. The number of halogens is 1. The molecule has 2 N–H and O–H groups in total. The lowest BCUT2D eigenvalue weighted by atomic mass is 9.78. The Labute approximate surface area is 110 Å². The summed E-state index contributed by atoms with van der Waals surface area (Å²) >= 11 is 3.38. The SMILES string of the molecule is CC1(C)CCCC1(O)CNc1ncncc1Br. The number of rotatable bonds is 3. The Balaban J connectivity index is 2.06. The van der Waals surface area contributed by atoms with Crippen LogP contribution in [0.3, 0.4) is 0 Å². The average Bonchev–Trinajstić information content (AvgIpc) is 2.53. The van der Waals surface area contributed by atoms with Gasteiger partial charge in [0.05, 0.1) is 10.1 Å². The molecule has 0 radical (unpaired) electrons. The quantitative estimate of drug-likeness (QED) is 0.901. The molecule has 2 rings (SSSR count). The lowest BCUT2D eigenvalue weighted by molar-refractivity contribution is -0.0303. The van der Waals surface area contributed by atoms with E-state index in [9.17, 15) is 5.11 Å². The van der Waals surface area contributed by atoms with Crippen molar-refractivity contribution in [3.05, 3.63) is 17.0 Å². The third-order valence-electron chi connectivity index (χ3n) is 3.87. The molecule has 0 spiro atoms. The van der Waals surface area contributed by atoms with Crippen LogP contribution in [0.15, 0.2) is 17.0 Å².